The molecule has 114 valence electrons. The number of carbonyl (C=O) groups excluding carboxylic acids is 1. The third-order valence-electron chi connectivity index (χ3n) is 3.63. The SMILES string of the molecule is O=C(/C=C/c1ccc(Cl)cc1)NCc1cccc2ccccc12. The average Bonchev–Trinajstić information content (AvgIpc) is 2.59. The Morgan fingerprint density at radius 1 is 0.957 bits per heavy atom. The Labute approximate surface area is 140 Å². The average molecular weight is 322 g/mol. The number of hydrogen-bond donors (Lipinski definition) is 1. The van der Waals surface area contributed by atoms with Crippen LogP contribution in [0.3, 0.4) is 0 Å². The van der Waals surface area contributed by atoms with E-state index in [1.165, 1.54) is 11.5 Å². The summed E-state index contributed by atoms with van der Waals surface area (Å²) in [5.74, 6) is -0.118. The molecule has 0 spiro atoms. The van der Waals surface area contributed by atoms with Crippen LogP contribution >= 0.6 is 11.6 Å². The summed E-state index contributed by atoms with van der Waals surface area (Å²) < 4.78 is 0. The molecule has 23 heavy (non-hydrogen) atoms. The molecular weight excluding hydrogens is 306 g/mol. The van der Waals surface area contributed by atoms with E-state index in [4.69, 9.17) is 11.6 Å². The molecule has 0 heterocycles. The second-order valence-corrected chi connectivity index (χ2v) is 5.68. The number of benzene rings is 3. The summed E-state index contributed by atoms with van der Waals surface area (Å²) in [7, 11) is 0. The van der Waals surface area contributed by atoms with Crippen molar-refractivity contribution in [1.29, 1.82) is 0 Å². The first-order chi connectivity index (χ1) is 11.2. The van der Waals surface area contributed by atoms with Crippen molar-refractivity contribution in [2.24, 2.45) is 0 Å². The third kappa shape index (κ3) is 3.99. The van der Waals surface area contributed by atoms with Gasteiger partial charge in [-0.1, -0.05) is 66.2 Å². The van der Waals surface area contributed by atoms with E-state index in [0.29, 0.717) is 11.6 Å². The van der Waals surface area contributed by atoms with Crippen molar-refractivity contribution in [2.45, 2.75) is 6.54 Å². The van der Waals surface area contributed by atoms with Crippen LogP contribution in [0.1, 0.15) is 11.1 Å². The molecule has 0 aromatic heterocycles. The number of hydrogen-bond acceptors (Lipinski definition) is 1. The molecule has 3 rings (SSSR count). The van der Waals surface area contributed by atoms with E-state index < -0.39 is 0 Å². The minimum Gasteiger partial charge on any atom is -0.348 e. The van der Waals surface area contributed by atoms with E-state index in [-0.39, 0.29) is 5.91 Å². The molecule has 3 aromatic carbocycles. The standard InChI is InChI=1S/C20H16ClNO/c21-18-11-8-15(9-12-18)10-13-20(23)22-14-17-6-3-5-16-4-1-2-7-19(16)17/h1-13H,14H2,(H,22,23)/b13-10+. The van der Waals surface area contributed by atoms with E-state index in [1.54, 1.807) is 18.2 Å². The zero-order valence-electron chi connectivity index (χ0n) is 12.5. The lowest BCUT2D eigenvalue weighted by atomic mass is 10.0. The molecule has 1 amide bonds. The minimum absolute atomic E-state index is 0.118. The predicted molar refractivity (Wildman–Crippen MR) is 96.3 cm³/mol. The van der Waals surface area contributed by atoms with Crippen molar-refractivity contribution in [3.8, 4) is 0 Å². The highest BCUT2D eigenvalue weighted by Crippen LogP contribution is 2.18. The Kier molecular flexibility index (Phi) is 4.74. The molecule has 2 nitrogen and oxygen atoms in total. The van der Waals surface area contributed by atoms with E-state index >= 15 is 0 Å². The Morgan fingerprint density at radius 3 is 2.52 bits per heavy atom. The van der Waals surface area contributed by atoms with Crippen LogP contribution in [0.2, 0.25) is 5.02 Å². The first kappa shape index (κ1) is 15.3. The molecule has 0 atom stereocenters. The topological polar surface area (TPSA) is 29.1 Å². The van der Waals surface area contributed by atoms with Gasteiger partial charge in [0, 0.05) is 17.6 Å². The van der Waals surface area contributed by atoms with Crippen molar-refractivity contribution in [3.05, 3.63) is 89.0 Å². The van der Waals surface area contributed by atoms with Gasteiger partial charge in [0.1, 0.15) is 0 Å². The summed E-state index contributed by atoms with van der Waals surface area (Å²) in [6, 6.07) is 21.6. The smallest absolute Gasteiger partial charge is 0.244 e. The Morgan fingerprint density at radius 2 is 1.70 bits per heavy atom. The van der Waals surface area contributed by atoms with Crippen LogP contribution < -0.4 is 5.32 Å². The fourth-order valence-corrected chi connectivity index (χ4v) is 2.56. The number of fused-ring (bicyclic) bond motifs is 1. The summed E-state index contributed by atoms with van der Waals surface area (Å²) in [5, 5.41) is 5.94. The molecule has 1 N–H and O–H groups in total. The highest BCUT2D eigenvalue weighted by molar-refractivity contribution is 6.30. The maximum Gasteiger partial charge on any atom is 0.244 e. The molecule has 0 saturated heterocycles. The lowest BCUT2D eigenvalue weighted by molar-refractivity contribution is -0.116. The van der Waals surface area contributed by atoms with Crippen molar-refractivity contribution in [1.82, 2.24) is 5.32 Å². The fourth-order valence-electron chi connectivity index (χ4n) is 2.43. The Hall–Kier alpha value is -2.58. The maximum atomic E-state index is 12.0. The fraction of sp³-hybridized carbons (Fsp3) is 0.0500. The summed E-state index contributed by atoms with van der Waals surface area (Å²) in [4.78, 5) is 12.0. The molecule has 0 saturated carbocycles. The van der Waals surface area contributed by atoms with E-state index in [9.17, 15) is 4.79 Å². The first-order valence-electron chi connectivity index (χ1n) is 7.40. The van der Waals surface area contributed by atoms with Crippen LogP contribution in [0, 0.1) is 0 Å². The van der Waals surface area contributed by atoms with E-state index in [2.05, 4.69) is 23.5 Å². The number of rotatable bonds is 4. The Bertz CT molecular complexity index is 848. The summed E-state index contributed by atoms with van der Waals surface area (Å²) >= 11 is 5.84. The van der Waals surface area contributed by atoms with Gasteiger partial charge in [-0.3, -0.25) is 4.79 Å². The molecule has 0 fully saturated rings. The molecule has 0 bridgehead atoms. The quantitative estimate of drug-likeness (QED) is 0.686. The molecule has 3 aromatic rings. The summed E-state index contributed by atoms with van der Waals surface area (Å²) in [6.07, 6.45) is 3.31. The van der Waals surface area contributed by atoms with Gasteiger partial charge in [-0.2, -0.15) is 0 Å². The van der Waals surface area contributed by atoms with Crippen molar-refractivity contribution >= 4 is 34.4 Å². The monoisotopic (exact) mass is 321 g/mol. The highest BCUT2D eigenvalue weighted by atomic mass is 35.5. The van der Waals surface area contributed by atoms with E-state index in [1.807, 2.05) is 36.4 Å². The highest BCUT2D eigenvalue weighted by Gasteiger charge is 2.01. The number of carbonyl (C=O) groups is 1. The molecule has 0 unspecified atom stereocenters. The predicted octanol–water partition coefficient (Wildman–Crippen LogP) is 4.82. The Balaban J connectivity index is 1.65. The number of halogens is 1. The van der Waals surface area contributed by atoms with Crippen LogP contribution in [0.5, 0.6) is 0 Å². The van der Waals surface area contributed by atoms with Crippen LogP contribution in [0.4, 0.5) is 0 Å². The van der Waals surface area contributed by atoms with Crippen molar-refractivity contribution in [3.63, 3.8) is 0 Å². The van der Waals surface area contributed by atoms with Gasteiger partial charge < -0.3 is 5.32 Å². The molecule has 0 aliphatic carbocycles. The zero-order valence-corrected chi connectivity index (χ0v) is 13.3. The van der Waals surface area contributed by atoms with Crippen LogP contribution in [-0.2, 0) is 11.3 Å². The van der Waals surface area contributed by atoms with Crippen LogP contribution in [0.25, 0.3) is 16.8 Å². The second-order valence-electron chi connectivity index (χ2n) is 5.24. The van der Waals surface area contributed by atoms with Gasteiger partial charge in [-0.25, -0.2) is 0 Å². The van der Waals surface area contributed by atoms with Gasteiger partial charge in [0.2, 0.25) is 5.91 Å². The maximum absolute atomic E-state index is 12.0. The molecule has 3 heteroatoms. The normalized spacial score (nSPS) is 11.0. The van der Waals surface area contributed by atoms with Gasteiger partial charge in [0.25, 0.3) is 0 Å². The number of amides is 1. The summed E-state index contributed by atoms with van der Waals surface area (Å²) in [6.45, 7) is 0.505. The van der Waals surface area contributed by atoms with Crippen LogP contribution in [0.15, 0.2) is 72.8 Å². The van der Waals surface area contributed by atoms with Gasteiger partial charge in [-0.15, -0.1) is 0 Å². The lowest BCUT2D eigenvalue weighted by Gasteiger charge is -2.07. The van der Waals surface area contributed by atoms with E-state index in [0.717, 1.165) is 16.5 Å². The van der Waals surface area contributed by atoms with Gasteiger partial charge >= 0.3 is 0 Å². The van der Waals surface area contributed by atoms with Crippen molar-refractivity contribution < 1.29 is 4.79 Å². The van der Waals surface area contributed by atoms with Gasteiger partial charge in [0.15, 0.2) is 0 Å². The largest absolute Gasteiger partial charge is 0.348 e. The first-order valence-corrected chi connectivity index (χ1v) is 7.78. The molecule has 0 radical (unpaired) electrons. The third-order valence-corrected chi connectivity index (χ3v) is 3.88. The minimum atomic E-state index is -0.118. The van der Waals surface area contributed by atoms with Crippen molar-refractivity contribution in [2.75, 3.05) is 0 Å². The second kappa shape index (κ2) is 7.12. The number of nitrogens with one attached hydrogen (secondary N) is 1. The molecule has 0 aliphatic rings. The zero-order chi connectivity index (χ0) is 16.1. The molecule has 0 aliphatic heterocycles. The van der Waals surface area contributed by atoms with Crippen LogP contribution in [-0.4, -0.2) is 5.91 Å². The van der Waals surface area contributed by atoms with Gasteiger partial charge in [0.05, 0.1) is 0 Å². The van der Waals surface area contributed by atoms with Gasteiger partial charge in [-0.05, 0) is 40.1 Å². The lowest BCUT2D eigenvalue weighted by Crippen LogP contribution is -2.20. The molecular formula is C20H16ClNO. The summed E-state index contributed by atoms with van der Waals surface area (Å²) in [5.41, 5.74) is 2.05.